The number of carbonyl (C=O) groups is 4. The zero-order chi connectivity index (χ0) is 25.9. The Labute approximate surface area is 214 Å². The second-order valence-corrected chi connectivity index (χ2v) is 20.6. The molecular weight excluding hydrogens is 553 g/mol. The number of hydrogen-bond acceptors (Lipinski definition) is 9. The largest absolute Gasteiger partial charge is 0.442 e. The van der Waals surface area contributed by atoms with Crippen LogP contribution in [-0.4, -0.2) is 58.5 Å². The van der Waals surface area contributed by atoms with Crippen LogP contribution in [0.3, 0.4) is 0 Å². The van der Waals surface area contributed by atoms with Crippen LogP contribution >= 0.6 is 53.8 Å². The van der Waals surface area contributed by atoms with Gasteiger partial charge in [0.05, 0.1) is 21.6 Å². The molecule has 9 nitrogen and oxygen atoms in total. The van der Waals surface area contributed by atoms with E-state index in [1.165, 1.54) is 0 Å². The molecule has 0 aromatic rings. The Morgan fingerprint density at radius 3 is 2.56 bits per heavy atom. The van der Waals surface area contributed by atoms with Gasteiger partial charge in [-0.05, 0) is 53.6 Å². The molecule has 1 amide bonds. The first-order chi connectivity index (χ1) is 16.1. The lowest BCUT2D eigenvalue weighted by Crippen LogP contribution is -2.33. The first-order valence-electron chi connectivity index (χ1n) is 10.1. The first kappa shape index (κ1) is 33.8. The van der Waals surface area contributed by atoms with Crippen molar-refractivity contribution >= 4 is 77.0 Å². The molecule has 0 aromatic heterocycles. The maximum atomic E-state index is 12.7. The molecule has 15 heteroatoms. The highest BCUT2D eigenvalue weighted by Crippen LogP contribution is 2.74. The second kappa shape index (κ2) is 20.9. The highest BCUT2D eigenvalue weighted by Gasteiger charge is 2.23. The average molecular weight is 585 g/mol. The molecule has 0 aliphatic carbocycles. The van der Waals surface area contributed by atoms with E-state index in [-0.39, 0.29) is 59.4 Å². The summed E-state index contributed by atoms with van der Waals surface area (Å²) in [4.78, 5) is 46.6. The zero-order valence-corrected chi connectivity index (χ0v) is 24.9. The van der Waals surface area contributed by atoms with E-state index in [4.69, 9.17) is 11.5 Å². The quantitative estimate of drug-likeness (QED) is 0.113. The van der Waals surface area contributed by atoms with E-state index in [0.29, 0.717) is 12.8 Å². The third kappa shape index (κ3) is 18.1. The first-order valence-corrected chi connectivity index (χ1v) is 18.4. The fourth-order valence-corrected chi connectivity index (χ4v) is 10.4. The minimum absolute atomic E-state index is 0.0270. The Morgan fingerprint density at radius 1 is 1.24 bits per heavy atom. The minimum Gasteiger partial charge on any atom is -0.442 e. The van der Waals surface area contributed by atoms with Crippen molar-refractivity contribution in [2.75, 3.05) is 18.1 Å². The predicted molar refractivity (Wildman–Crippen MR) is 151 cm³/mol. The smallest absolute Gasteiger partial charge is 0.387 e. The van der Waals surface area contributed by atoms with Crippen molar-refractivity contribution in [2.24, 2.45) is 17.4 Å². The van der Waals surface area contributed by atoms with Gasteiger partial charge >= 0.3 is 5.97 Å². The molecule has 0 fully saturated rings. The summed E-state index contributed by atoms with van der Waals surface area (Å²) in [7, 11) is 4.61. The molecule has 0 radical (unpaired) electrons. The van der Waals surface area contributed by atoms with Crippen molar-refractivity contribution in [1.82, 2.24) is 5.09 Å². The van der Waals surface area contributed by atoms with Gasteiger partial charge in [-0.3, -0.25) is 19.5 Å². The van der Waals surface area contributed by atoms with Gasteiger partial charge in [0.1, 0.15) is 5.78 Å². The standard InChI is InChI=1S/C19H32N3O6P5S/c1-13(12-23)10-16(24)15(7-9-34-8-5-3-2-4-6-18(26)28-29)22-32-33(30)31-19(27)14(20)11-17(21)25/h13-15,22-23,31-32H,5,7-12,20,29-30H2,1H3,(H2,21,25)/t13?,14-,15?,33?/m0/s1. The van der Waals surface area contributed by atoms with Crippen molar-refractivity contribution < 1.29 is 28.8 Å². The summed E-state index contributed by atoms with van der Waals surface area (Å²) in [6, 6.07) is -1.27. The SMILES string of the molecule is CC(CO)CC(=O)C(CCSCCC#CC#CC(=O)OP)NPP(P)PC(=O)[C@@H](N)CC(N)=O. The van der Waals surface area contributed by atoms with Crippen LogP contribution in [0.5, 0.6) is 0 Å². The summed E-state index contributed by atoms with van der Waals surface area (Å²) in [5.74, 6) is 10.1. The lowest BCUT2D eigenvalue weighted by atomic mass is 10.00. The normalized spacial score (nSPS) is 14.5. The van der Waals surface area contributed by atoms with Gasteiger partial charge in [-0.1, -0.05) is 12.8 Å². The second-order valence-electron chi connectivity index (χ2n) is 7.00. The Hall–Kier alpha value is -0.220. The lowest BCUT2D eigenvalue weighted by Gasteiger charge is -2.21. The van der Waals surface area contributed by atoms with Crippen LogP contribution in [0, 0.1) is 29.6 Å². The number of thioether (sulfide) groups is 1. The molecule has 0 spiro atoms. The van der Waals surface area contributed by atoms with Crippen molar-refractivity contribution in [3.63, 3.8) is 0 Å². The van der Waals surface area contributed by atoms with Crippen molar-refractivity contribution in [3.8, 4) is 23.7 Å². The number of nitrogens with two attached hydrogens (primary N) is 2. The molecule has 0 rings (SSSR count). The summed E-state index contributed by atoms with van der Waals surface area (Å²) >= 11 is 1.65. The maximum absolute atomic E-state index is 12.7. The Morgan fingerprint density at radius 2 is 1.94 bits per heavy atom. The number of aliphatic hydroxyl groups excluding tert-OH is 1. The molecule has 0 aliphatic heterocycles. The van der Waals surface area contributed by atoms with Gasteiger partial charge in [-0.25, -0.2) is 4.79 Å². The number of ketones is 1. The molecule has 0 bridgehead atoms. The monoisotopic (exact) mass is 585 g/mol. The predicted octanol–water partition coefficient (Wildman–Crippen LogP) is 1.49. The van der Waals surface area contributed by atoms with Crippen LogP contribution in [-0.2, 0) is 23.7 Å². The molecule has 0 heterocycles. The number of Topliss-reactive ketones (excluding diaryl/α,β-unsaturated/α-hetero) is 1. The molecule has 0 aromatic carbocycles. The van der Waals surface area contributed by atoms with Crippen molar-refractivity contribution in [2.45, 2.75) is 44.7 Å². The van der Waals surface area contributed by atoms with Crippen LogP contribution in [0.4, 0.5) is 0 Å². The highest BCUT2D eigenvalue weighted by atomic mass is 32.7. The molecule has 0 saturated carbocycles. The van der Waals surface area contributed by atoms with Crippen LogP contribution < -0.4 is 16.6 Å². The number of nitrogens with one attached hydrogen (secondary N) is 1. The molecule has 190 valence electrons. The number of carbonyl (C=O) groups excluding carboxylic acids is 4. The van der Waals surface area contributed by atoms with Crippen molar-refractivity contribution in [3.05, 3.63) is 0 Å². The fraction of sp³-hybridized carbons (Fsp3) is 0.579. The molecular formula is C19H32N3O6P5S. The molecule has 7 unspecified atom stereocenters. The van der Waals surface area contributed by atoms with Gasteiger partial charge in [0.15, 0.2) is 5.52 Å². The van der Waals surface area contributed by atoms with Gasteiger partial charge in [-0.2, -0.15) is 11.8 Å². The van der Waals surface area contributed by atoms with E-state index >= 15 is 0 Å². The summed E-state index contributed by atoms with van der Waals surface area (Å²) in [6.45, 7) is 0.966. The Bertz CT molecular complexity index is 814. The maximum Gasteiger partial charge on any atom is 0.387 e. The van der Waals surface area contributed by atoms with E-state index in [9.17, 15) is 24.3 Å². The summed E-state index contributed by atoms with van der Waals surface area (Å²) in [5, 5.41) is 12.6. The third-order valence-corrected chi connectivity index (χ3v) is 13.6. The number of aliphatic hydroxyl groups is 1. The average Bonchev–Trinajstić information content (AvgIpc) is 2.78. The topological polar surface area (TPSA) is 162 Å². The summed E-state index contributed by atoms with van der Waals surface area (Å²) in [5.41, 5.74) is 10.6. The zero-order valence-electron chi connectivity index (χ0n) is 18.8. The van der Waals surface area contributed by atoms with Crippen LogP contribution in [0.1, 0.15) is 32.6 Å². The number of rotatable bonds is 17. The Balaban J connectivity index is 4.61. The van der Waals surface area contributed by atoms with Crippen LogP contribution in [0.15, 0.2) is 0 Å². The van der Waals surface area contributed by atoms with E-state index < -0.39 is 24.9 Å². The molecule has 34 heavy (non-hydrogen) atoms. The summed E-state index contributed by atoms with van der Waals surface area (Å²) < 4.78 is 4.31. The lowest BCUT2D eigenvalue weighted by molar-refractivity contribution is -0.127. The van der Waals surface area contributed by atoms with Crippen LogP contribution in [0.2, 0.25) is 0 Å². The van der Waals surface area contributed by atoms with Gasteiger partial charge in [-0.15, -0.1) is 8.93 Å². The van der Waals surface area contributed by atoms with E-state index in [1.807, 2.05) is 16.4 Å². The third-order valence-electron chi connectivity index (χ3n) is 3.94. The molecule has 0 saturated heterocycles. The fourth-order valence-electron chi connectivity index (χ4n) is 2.20. The molecule has 8 atom stereocenters. The molecule has 6 N–H and O–H groups in total. The van der Waals surface area contributed by atoms with Crippen LogP contribution in [0.25, 0.3) is 0 Å². The highest BCUT2D eigenvalue weighted by molar-refractivity contribution is 8.73. The number of hydrogen-bond donors (Lipinski definition) is 4. The van der Waals surface area contributed by atoms with Crippen molar-refractivity contribution in [1.29, 1.82) is 0 Å². The number of primary amides is 1. The molecule has 0 aliphatic rings. The van der Waals surface area contributed by atoms with E-state index in [1.54, 1.807) is 11.8 Å². The van der Waals surface area contributed by atoms with E-state index in [0.717, 1.165) is 11.5 Å². The van der Waals surface area contributed by atoms with Gasteiger partial charge in [0.2, 0.25) is 5.91 Å². The van der Waals surface area contributed by atoms with Gasteiger partial charge < -0.3 is 21.1 Å². The number of amides is 1. The van der Waals surface area contributed by atoms with Gasteiger partial charge in [0.25, 0.3) is 0 Å². The minimum atomic E-state index is -0.890. The van der Waals surface area contributed by atoms with E-state index in [2.05, 4.69) is 42.2 Å². The summed E-state index contributed by atoms with van der Waals surface area (Å²) in [6.07, 6.45) is 1.30. The Kier molecular flexibility index (Phi) is 20.8. The van der Waals surface area contributed by atoms with Gasteiger partial charge in [0, 0.05) is 37.5 Å².